The van der Waals surface area contributed by atoms with Crippen LogP contribution in [-0.2, 0) is 11.2 Å². The first kappa shape index (κ1) is 17.6. The molecule has 0 spiro atoms. The molecule has 2 heterocycles. The maximum absolute atomic E-state index is 12.5. The molecule has 2 aromatic rings. The highest BCUT2D eigenvalue weighted by Gasteiger charge is 2.28. The maximum atomic E-state index is 12.5. The molecule has 0 saturated carbocycles. The minimum Gasteiger partial charge on any atom is -0.495 e. The Kier molecular flexibility index (Phi) is 5.48. The zero-order valence-corrected chi connectivity index (χ0v) is 15.2. The lowest BCUT2D eigenvalue weighted by atomic mass is 10.1. The Labute approximate surface area is 152 Å². The number of benzene rings is 1. The second kappa shape index (κ2) is 7.78. The van der Waals surface area contributed by atoms with E-state index >= 15 is 0 Å². The smallest absolute Gasteiger partial charge is 0.223 e. The molecular weight excluding hydrogens is 342 g/mol. The fraction of sp³-hybridized carbons (Fsp3) is 0.444. The van der Waals surface area contributed by atoms with Crippen LogP contribution in [0.15, 0.2) is 34.9 Å². The number of nitrogens with zero attached hydrogens (tertiary/aromatic N) is 3. The lowest BCUT2D eigenvalue weighted by Crippen LogP contribution is -2.54. The number of para-hydroxylation sites is 2. The highest BCUT2D eigenvalue weighted by atomic mass is 35.5. The molecular formula is C18H22ClN3O3. The molecule has 0 bridgehead atoms. The predicted octanol–water partition coefficient (Wildman–Crippen LogP) is 3.01. The summed E-state index contributed by atoms with van der Waals surface area (Å²) in [5, 5.41) is 3.95. The molecule has 3 rings (SSSR count). The van der Waals surface area contributed by atoms with Gasteiger partial charge in [-0.1, -0.05) is 28.9 Å². The second-order valence-corrected chi connectivity index (χ2v) is 6.56. The van der Waals surface area contributed by atoms with Crippen LogP contribution in [0.5, 0.6) is 5.75 Å². The number of rotatable bonds is 5. The van der Waals surface area contributed by atoms with Crippen LogP contribution in [0.3, 0.4) is 0 Å². The molecule has 1 unspecified atom stereocenters. The van der Waals surface area contributed by atoms with Gasteiger partial charge >= 0.3 is 0 Å². The minimum atomic E-state index is 0.125. The van der Waals surface area contributed by atoms with E-state index in [1.54, 1.807) is 13.2 Å². The fourth-order valence-corrected chi connectivity index (χ4v) is 3.37. The molecule has 1 aromatic carbocycles. The number of amides is 1. The molecule has 7 heteroatoms. The van der Waals surface area contributed by atoms with E-state index < -0.39 is 0 Å². The average Bonchev–Trinajstić information content (AvgIpc) is 3.05. The molecule has 1 aliphatic heterocycles. The van der Waals surface area contributed by atoms with Crippen molar-refractivity contribution in [2.45, 2.75) is 25.8 Å². The number of aryl methyl sites for hydroxylation is 1. The number of piperazine rings is 1. The number of carbonyl (C=O) groups is 1. The summed E-state index contributed by atoms with van der Waals surface area (Å²) in [5.41, 5.74) is 1.07. The lowest BCUT2D eigenvalue weighted by molar-refractivity contribution is -0.133. The first-order chi connectivity index (χ1) is 12.1. The van der Waals surface area contributed by atoms with Crippen molar-refractivity contribution in [1.29, 1.82) is 0 Å². The normalized spacial score (nSPS) is 17.6. The Morgan fingerprint density at radius 1 is 1.40 bits per heavy atom. The summed E-state index contributed by atoms with van der Waals surface area (Å²) in [7, 11) is 1.68. The molecule has 1 saturated heterocycles. The molecule has 0 radical (unpaired) electrons. The molecule has 0 N–H and O–H groups in total. The second-order valence-electron chi connectivity index (χ2n) is 6.17. The number of hydrogen-bond donors (Lipinski definition) is 0. The Hall–Kier alpha value is -2.21. The van der Waals surface area contributed by atoms with Crippen LogP contribution < -0.4 is 9.64 Å². The number of methoxy groups -OCH3 is 1. The number of carbonyl (C=O) groups excluding carboxylic acids is 1. The van der Waals surface area contributed by atoms with Gasteiger partial charge in [0.05, 0.1) is 12.8 Å². The number of anilines is 1. The molecule has 1 aliphatic rings. The van der Waals surface area contributed by atoms with E-state index in [-0.39, 0.29) is 11.9 Å². The third-order valence-corrected chi connectivity index (χ3v) is 4.67. The largest absolute Gasteiger partial charge is 0.495 e. The summed E-state index contributed by atoms with van der Waals surface area (Å²) in [5.74, 6) is 1.62. The van der Waals surface area contributed by atoms with Crippen molar-refractivity contribution in [3.8, 4) is 5.75 Å². The van der Waals surface area contributed by atoms with Gasteiger partial charge in [-0.05, 0) is 19.1 Å². The first-order valence-corrected chi connectivity index (χ1v) is 8.75. The summed E-state index contributed by atoms with van der Waals surface area (Å²) in [6.07, 6.45) is 0.905. The summed E-state index contributed by atoms with van der Waals surface area (Å²) in [4.78, 5) is 16.7. The minimum absolute atomic E-state index is 0.125. The Balaban J connectivity index is 1.58. The first-order valence-electron chi connectivity index (χ1n) is 8.37. The van der Waals surface area contributed by atoms with Gasteiger partial charge in [-0.15, -0.1) is 0 Å². The standard InChI is InChI=1S/C18H22ClN3O3/c1-13-12-21(15-5-3-4-6-16(15)24-2)9-10-22(13)18(23)8-7-14-11-17(19)20-25-14/h3-6,11,13H,7-10,12H2,1-2H3. The number of aromatic nitrogens is 1. The third-order valence-electron chi connectivity index (χ3n) is 4.49. The maximum Gasteiger partial charge on any atom is 0.223 e. The Bertz CT molecular complexity index is 734. The van der Waals surface area contributed by atoms with Crippen molar-refractivity contribution in [3.63, 3.8) is 0 Å². The van der Waals surface area contributed by atoms with Crippen molar-refractivity contribution in [2.75, 3.05) is 31.6 Å². The molecule has 0 aliphatic carbocycles. The van der Waals surface area contributed by atoms with Crippen LogP contribution in [0.25, 0.3) is 0 Å². The van der Waals surface area contributed by atoms with Gasteiger partial charge in [0.25, 0.3) is 0 Å². The molecule has 1 fully saturated rings. The van der Waals surface area contributed by atoms with E-state index in [2.05, 4.69) is 23.0 Å². The quantitative estimate of drug-likeness (QED) is 0.817. The van der Waals surface area contributed by atoms with E-state index in [1.807, 2.05) is 23.1 Å². The van der Waals surface area contributed by atoms with Crippen LogP contribution in [-0.4, -0.2) is 48.7 Å². The summed E-state index contributed by atoms with van der Waals surface area (Å²) in [6.45, 7) is 4.32. The van der Waals surface area contributed by atoms with Crippen LogP contribution in [0.4, 0.5) is 5.69 Å². The topological polar surface area (TPSA) is 58.8 Å². The number of ether oxygens (including phenoxy) is 1. The van der Waals surface area contributed by atoms with Crippen molar-refractivity contribution in [3.05, 3.63) is 41.2 Å². The van der Waals surface area contributed by atoms with E-state index in [9.17, 15) is 4.79 Å². The van der Waals surface area contributed by atoms with Gasteiger partial charge in [0, 0.05) is 44.6 Å². The summed E-state index contributed by atoms with van der Waals surface area (Å²) in [6, 6.07) is 9.75. The van der Waals surface area contributed by atoms with Crippen LogP contribution >= 0.6 is 11.6 Å². The van der Waals surface area contributed by atoms with Gasteiger partial charge in [-0.25, -0.2) is 0 Å². The highest BCUT2D eigenvalue weighted by Crippen LogP contribution is 2.29. The summed E-state index contributed by atoms with van der Waals surface area (Å²) < 4.78 is 10.5. The highest BCUT2D eigenvalue weighted by molar-refractivity contribution is 6.29. The van der Waals surface area contributed by atoms with Crippen molar-refractivity contribution < 1.29 is 14.1 Å². The fourth-order valence-electron chi connectivity index (χ4n) is 3.22. The monoisotopic (exact) mass is 363 g/mol. The number of hydrogen-bond acceptors (Lipinski definition) is 5. The van der Waals surface area contributed by atoms with Crippen LogP contribution in [0.2, 0.25) is 5.15 Å². The van der Waals surface area contributed by atoms with Gasteiger partial charge in [0.2, 0.25) is 5.91 Å². The lowest BCUT2D eigenvalue weighted by Gasteiger charge is -2.41. The van der Waals surface area contributed by atoms with E-state index in [4.69, 9.17) is 20.9 Å². The van der Waals surface area contributed by atoms with Crippen molar-refractivity contribution in [1.82, 2.24) is 10.1 Å². The Morgan fingerprint density at radius 3 is 2.88 bits per heavy atom. The SMILES string of the molecule is COc1ccccc1N1CCN(C(=O)CCc2cc(Cl)no2)C(C)C1. The van der Waals surface area contributed by atoms with Crippen molar-refractivity contribution >= 4 is 23.2 Å². The molecule has 1 atom stereocenters. The predicted molar refractivity (Wildman–Crippen MR) is 96.2 cm³/mol. The average molecular weight is 364 g/mol. The third kappa shape index (κ3) is 4.07. The van der Waals surface area contributed by atoms with E-state index in [0.717, 1.165) is 24.5 Å². The molecule has 134 valence electrons. The van der Waals surface area contributed by atoms with Crippen LogP contribution in [0, 0.1) is 0 Å². The van der Waals surface area contributed by atoms with Crippen LogP contribution in [0.1, 0.15) is 19.1 Å². The van der Waals surface area contributed by atoms with Gasteiger partial charge in [-0.2, -0.15) is 0 Å². The van der Waals surface area contributed by atoms with Gasteiger partial charge in [0.1, 0.15) is 11.5 Å². The van der Waals surface area contributed by atoms with Crippen molar-refractivity contribution in [2.24, 2.45) is 0 Å². The summed E-state index contributed by atoms with van der Waals surface area (Å²) >= 11 is 5.73. The van der Waals surface area contributed by atoms with E-state index in [1.165, 1.54) is 0 Å². The molecule has 1 amide bonds. The van der Waals surface area contributed by atoms with E-state index in [0.29, 0.717) is 30.3 Å². The zero-order chi connectivity index (χ0) is 17.8. The van der Waals surface area contributed by atoms with Gasteiger partial charge in [0.15, 0.2) is 5.15 Å². The molecule has 1 aromatic heterocycles. The molecule has 6 nitrogen and oxygen atoms in total. The zero-order valence-electron chi connectivity index (χ0n) is 14.4. The number of halogens is 1. The van der Waals surface area contributed by atoms with Gasteiger partial charge < -0.3 is 19.1 Å². The Morgan fingerprint density at radius 2 is 2.20 bits per heavy atom. The molecule has 25 heavy (non-hydrogen) atoms. The van der Waals surface area contributed by atoms with Gasteiger partial charge in [-0.3, -0.25) is 4.79 Å².